The van der Waals surface area contributed by atoms with Gasteiger partial charge in [-0.15, -0.1) is 16.4 Å². The molecule has 0 aliphatic rings. The van der Waals surface area contributed by atoms with Gasteiger partial charge in [0.2, 0.25) is 5.16 Å². The van der Waals surface area contributed by atoms with Gasteiger partial charge in [-0.05, 0) is 23.6 Å². The number of ether oxygens (including phenoxy) is 1. The van der Waals surface area contributed by atoms with Gasteiger partial charge in [0.1, 0.15) is 11.6 Å². The Morgan fingerprint density at radius 2 is 2.17 bits per heavy atom. The molecule has 5 nitrogen and oxygen atoms in total. The summed E-state index contributed by atoms with van der Waals surface area (Å²) < 4.78 is 5.21. The summed E-state index contributed by atoms with van der Waals surface area (Å²) >= 11 is 3.00. The normalized spacial score (nSPS) is 10.7. The van der Waals surface area contributed by atoms with Crippen molar-refractivity contribution in [3.8, 4) is 5.75 Å². The first-order valence-corrected chi connectivity index (χ1v) is 8.85. The van der Waals surface area contributed by atoms with E-state index in [1.165, 1.54) is 16.6 Å². The third-order valence-corrected chi connectivity index (χ3v) is 4.90. The quantitative estimate of drug-likeness (QED) is 0.525. The first-order valence-electron chi connectivity index (χ1n) is 6.99. The number of hydrogen-bond donors (Lipinski definition) is 1. The number of nitrogens with zero attached hydrogens (tertiary/aromatic N) is 2. The Balaban J connectivity index is 1.60. The summed E-state index contributed by atoms with van der Waals surface area (Å²) in [5, 5.41) is 9.69. The number of ketones is 1. The molecule has 0 aliphatic heterocycles. The number of aromatic amines is 1. The summed E-state index contributed by atoms with van der Waals surface area (Å²) in [7, 11) is 1.56. The molecule has 118 valence electrons. The largest absolute Gasteiger partial charge is 0.496 e. The van der Waals surface area contributed by atoms with Gasteiger partial charge in [0.25, 0.3) is 0 Å². The third-order valence-electron chi connectivity index (χ3n) is 3.17. The van der Waals surface area contributed by atoms with E-state index < -0.39 is 0 Å². The van der Waals surface area contributed by atoms with E-state index in [2.05, 4.69) is 21.2 Å². The van der Waals surface area contributed by atoms with Crippen LogP contribution in [0.2, 0.25) is 0 Å². The molecule has 3 aromatic rings. The molecule has 2 aromatic heterocycles. The average molecular weight is 345 g/mol. The SMILES string of the molecule is COc1ccccc1C(=O)CSc1n[nH]c(Cc2cccs2)n1. The fraction of sp³-hybridized carbons (Fsp3) is 0.188. The number of benzene rings is 1. The smallest absolute Gasteiger partial charge is 0.208 e. The van der Waals surface area contributed by atoms with Gasteiger partial charge in [-0.1, -0.05) is 30.0 Å². The third kappa shape index (κ3) is 4.00. The summed E-state index contributed by atoms with van der Waals surface area (Å²) in [6.45, 7) is 0. The van der Waals surface area contributed by atoms with Crippen LogP contribution in [0.4, 0.5) is 0 Å². The molecule has 0 unspecified atom stereocenters. The molecule has 0 aliphatic carbocycles. The number of aromatic nitrogens is 3. The van der Waals surface area contributed by atoms with Gasteiger partial charge < -0.3 is 4.74 Å². The van der Waals surface area contributed by atoms with E-state index in [-0.39, 0.29) is 11.5 Å². The lowest BCUT2D eigenvalue weighted by atomic mass is 10.1. The van der Waals surface area contributed by atoms with Gasteiger partial charge in [-0.3, -0.25) is 9.89 Å². The molecular weight excluding hydrogens is 330 g/mol. The van der Waals surface area contributed by atoms with Crippen LogP contribution in [0.3, 0.4) is 0 Å². The number of thioether (sulfide) groups is 1. The van der Waals surface area contributed by atoms with Crippen molar-refractivity contribution in [3.63, 3.8) is 0 Å². The van der Waals surface area contributed by atoms with Crippen LogP contribution in [0.5, 0.6) is 5.75 Å². The Morgan fingerprint density at radius 3 is 2.96 bits per heavy atom. The zero-order valence-electron chi connectivity index (χ0n) is 12.5. The molecule has 0 radical (unpaired) electrons. The lowest BCUT2D eigenvalue weighted by molar-refractivity contribution is 0.101. The van der Waals surface area contributed by atoms with Crippen molar-refractivity contribution in [3.05, 3.63) is 58.0 Å². The number of para-hydroxylation sites is 1. The number of carbonyl (C=O) groups excluding carboxylic acids is 1. The minimum atomic E-state index is -0.00273. The molecule has 0 saturated carbocycles. The van der Waals surface area contributed by atoms with E-state index in [1.54, 1.807) is 30.6 Å². The van der Waals surface area contributed by atoms with Gasteiger partial charge in [0, 0.05) is 11.3 Å². The molecule has 0 spiro atoms. The molecule has 0 bridgehead atoms. The summed E-state index contributed by atoms with van der Waals surface area (Å²) in [6, 6.07) is 11.3. The molecule has 7 heteroatoms. The first kappa shape index (κ1) is 15.8. The van der Waals surface area contributed by atoms with E-state index in [0.717, 1.165) is 12.2 Å². The number of rotatable bonds is 7. The van der Waals surface area contributed by atoms with Gasteiger partial charge in [0.05, 0.1) is 18.4 Å². The zero-order chi connectivity index (χ0) is 16.1. The number of Topliss-reactive ketones (excluding diaryl/α,β-unsaturated/α-hetero) is 1. The standard InChI is InChI=1S/C16H15N3O2S2/c1-21-14-7-3-2-6-12(14)13(20)10-23-16-17-15(18-19-16)9-11-5-4-8-22-11/h2-8H,9-10H2,1H3,(H,17,18,19). The second-order valence-electron chi connectivity index (χ2n) is 4.73. The average Bonchev–Trinajstić information content (AvgIpc) is 3.25. The van der Waals surface area contributed by atoms with Crippen LogP contribution < -0.4 is 4.74 Å². The van der Waals surface area contributed by atoms with Crippen molar-refractivity contribution in [1.82, 2.24) is 15.2 Å². The van der Waals surface area contributed by atoms with Crippen molar-refractivity contribution in [2.75, 3.05) is 12.9 Å². The highest BCUT2D eigenvalue weighted by Crippen LogP contribution is 2.22. The lowest BCUT2D eigenvalue weighted by Gasteiger charge is -2.05. The number of nitrogens with one attached hydrogen (secondary N) is 1. The molecule has 1 N–H and O–H groups in total. The second kappa shape index (κ2) is 7.43. The van der Waals surface area contributed by atoms with Gasteiger partial charge in [0.15, 0.2) is 5.78 Å². The fourth-order valence-corrected chi connectivity index (χ4v) is 3.49. The Morgan fingerprint density at radius 1 is 1.30 bits per heavy atom. The van der Waals surface area contributed by atoms with Crippen molar-refractivity contribution in [1.29, 1.82) is 0 Å². The molecule has 0 amide bonds. The number of hydrogen-bond acceptors (Lipinski definition) is 6. The van der Waals surface area contributed by atoms with Crippen molar-refractivity contribution in [2.45, 2.75) is 11.6 Å². The Labute approximate surface area is 142 Å². The fourth-order valence-electron chi connectivity index (χ4n) is 2.08. The molecule has 0 atom stereocenters. The monoisotopic (exact) mass is 345 g/mol. The van der Waals surface area contributed by atoms with Crippen LogP contribution in [0.25, 0.3) is 0 Å². The highest BCUT2D eigenvalue weighted by molar-refractivity contribution is 7.99. The number of H-pyrrole nitrogens is 1. The Kier molecular flexibility index (Phi) is 5.09. The molecule has 0 fully saturated rings. The number of methoxy groups -OCH3 is 1. The van der Waals surface area contributed by atoms with E-state index in [1.807, 2.05) is 23.6 Å². The van der Waals surface area contributed by atoms with Crippen LogP contribution in [0, 0.1) is 0 Å². The summed E-state index contributed by atoms with van der Waals surface area (Å²) in [5.41, 5.74) is 0.580. The summed E-state index contributed by atoms with van der Waals surface area (Å²) in [6.07, 6.45) is 0.728. The second-order valence-corrected chi connectivity index (χ2v) is 6.71. The maximum absolute atomic E-state index is 12.3. The lowest BCUT2D eigenvalue weighted by Crippen LogP contribution is -2.05. The van der Waals surface area contributed by atoms with E-state index in [0.29, 0.717) is 16.5 Å². The van der Waals surface area contributed by atoms with Crippen LogP contribution in [-0.2, 0) is 6.42 Å². The predicted molar refractivity (Wildman–Crippen MR) is 91.6 cm³/mol. The van der Waals surface area contributed by atoms with E-state index in [4.69, 9.17) is 4.74 Å². The van der Waals surface area contributed by atoms with Crippen molar-refractivity contribution in [2.24, 2.45) is 0 Å². The molecule has 1 aromatic carbocycles. The first-order chi connectivity index (χ1) is 11.3. The van der Waals surface area contributed by atoms with Crippen LogP contribution in [0.15, 0.2) is 46.9 Å². The zero-order valence-corrected chi connectivity index (χ0v) is 14.1. The van der Waals surface area contributed by atoms with Crippen molar-refractivity contribution < 1.29 is 9.53 Å². The van der Waals surface area contributed by atoms with Crippen LogP contribution >= 0.6 is 23.1 Å². The van der Waals surface area contributed by atoms with Crippen molar-refractivity contribution >= 4 is 28.9 Å². The maximum Gasteiger partial charge on any atom is 0.208 e. The van der Waals surface area contributed by atoms with Gasteiger partial charge in [-0.25, -0.2) is 4.98 Å². The van der Waals surface area contributed by atoms with Crippen LogP contribution in [0.1, 0.15) is 21.1 Å². The van der Waals surface area contributed by atoms with Crippen LogP contribution in [-0.4, -0.2) is 33.8 Å². The van der Waals surface area contributed by atoms with Gasteiger partial charge in [-0.2, -0.15) is 0 Å². The Hall–Kier alpha value is -2.12. The molecule has 0 saturated heterocycles. The Bertz CT molecular complexity index is 784. The number of thiophene rings is 1. The molecule has 2 heterocycles. The topological polar surface area (TPSA) is 67.9 Å². The molecule has 23 heavy (non-hydrogen) atoms. The maximum atomic E-state index is 12.3. The summed E-state index contributed by atoms with van der Waals surface area (Å²) in [4.78, 5) is 17.9. The number of carbonyl (C=O) groups is 1. The van der Waals surface area contributed by atoms with Gasteiger partial charge >= 0.3 is 0 Å². The predicted octanol–water partition coefficient (Wildman–Crippen LogP) is 3.44. The van der Waals surface area contributed by atoms with E-state index in [9.17, 15) is 4.79 Å². The highest BCUT2D eigenvalue weighted by Gasteiger charge is 2.13. The minimum Gasteiger partial charge on any atom is -0.496 e. The summed E-state index contributed by atoms with van der Waals surface area (Å²) in [5.74, 6) is 1.67. The van der Waals surface area contributed by atoms with E-state index >= 15 is 0 Å². The molecular formula is C16H15N3O2S2. The minimum absolute atomic E-state index is 0.00273. The molecule has 3 rings (SSSR count). The highest BCUT2D eigenvalue weighted by atomic mass is 32.2.